The summed E-state index contributed by atoms with van der Waals surface area (Å²) in [7, 11) is 0. The summed E-state index contributed by atoms with van der Waals surface area (Å²) < 4.78 is 5.33. The molecule has 0 radical (unpaired) electrons. The van der Waals surface area contributed by atoms with Crippen LogP contribution in [-0.2, 0) is 16.1 Å². The van der Waals surface area contributed by atoms with Gasteiger partial charge < -0.3 is 9.64 Å². The first-order valence-corrected chi connectivity index (χ1v) is 10.5. The number of ether oxygens (including phenoxy) is 1. The molecule has 0 N–H and O–H groups in total. The molecular formula is C19H31N3O2S. The van der Waals surface area contributed by atoms with Crippen LogP contribution in [0.5, 0.6) is 0 Å². The fraction of sp³-hybridized carbons (Fsp3) is 0.789. The topological polar surface area (TPSA) is 45.7 Å². The van der Waals surface area contributed by atoms with Crippen LogP contribution in [0, 0.1) is 5.92 Å². The summed E-state index contributed by atoms with van der Waals surface area (Å²) in [6.45, 7) is 10.5. The first-order chi connectivity index (χ1) is 12.1. The molecule has 2 aliphatic heterocycles. The molecule has 2 aliphatic rings. The van der Waals surface area contributed by atoms with Crippen LogP contribution in [0.1, 0.15) is 56.2 Å². The summed E-state index contributed by atoms with van der Waals surface area (Å²) in [6.07, 6.45) is 4.19. The van der Waals surface area contributed by atoms with Crippen molar-refractivity contribution in [2.45, 2.75) is 52.0 Å². The van der Waals surface area contributed by atoms with Gasteiger partial charge >= 0.3 is 0 Å². The van der Waals surface area contributed by atoms with Crippen LogP contribution in [-0.4, -0.2) is 60.1 Å². The lowest BCUT2D eigenvalue weighted by atomic mass is 9.93. The zero-order chi connectivity index (χ0) is 17.6. The second-order valence-electron chi connectivity index (χ2n) is 7.60. The number of hydrogen-bond acceptors (Lipinski definition) is 5. The van der Waals surface area contributed by atoms with Gasteiger partial charge in [-0.1, -0.05) is 13.8 Å². The Bertz CT molecular complexity index is 555. The molecule has 0 aliphatic carbocycles. The van der Waals surface area contributed by atoms with E-state index in [1.54, 1.807) is 11.3 Å². The molecular weight excluding hydrogens is 334 g/mol. The van der Waals surface area contributed by atoms with Gasteiger partial charge in [0, 0.05) is 31.4 Å². The van der Waals surface area contributed by atoms with Gasteiger partial charge in [-0.25, -0.2) is 4.98 Å². The zero-order valence-corrected chi connectivity index (χ0v) is 16.4. The monoisotopic (exact) mass is 365 g/mol. The Balaban J connectivity index is 1.43. The first-order valence-electron chi connectivity index (χ1n) is 9.64. The van der Waals surface area contributed by atoms with Gasteiger partial charge in [0.25, 0.3) is 0 Å². The lowest BCUT2D eigenvalue weighted by Crippen LogP contribution is -2.41. The molecule has 1 atom stereocenters. The minimum Gasteiger partial charge on any atom is -0.378 e. The number of aromatic nitrogens is 1. The Morgan fingerprint density at radius 1 is 1.36 bits per heavy atom. The number of nitrogens with zero attached hydrogens (tertiary/aromatic N) is 3. The molecule has 25 heavy (non-hydrogen) atoms. The van der Waals surface area contributed by atoms with E-state index in [4.69, 9.17) is 9.72 Å². The SMILES string of the molecule is CC(C)c1csc(CN2CCC[C@@H](CCC(=O)N3CCOCC3)C2)n1. The number of amides is 1. The molecule has 1 amide bonds. The van der Waals surface area contributed by atoms with Gasteiger partial charge in [-0.05, 0) is 37.6 Å². The van der Waals surface area contributed by atoms with Crippen molar-refractivity contribution in [2.75, 3.05) is 39.4 Å². The molecule has 0 aromatic carbocycles. The average Bonchev–Trinajstić information content (AvgIpc) is 3.09. The van der Waals surface area contributed by atoms with E-state index in [1.807, 2.05) is 4.90 Å². The molecule has 140 valence electrons. The van der Waals surface area contributed by atoms with E-state index in [2.05, 4.69) is 24.1 Å². The molecule has 1 aromatic rings. The highest BCUT2D eigenvalue weighted by Crippen LogP contribution is 2.25. The van der Waals surface area contributed by atoms with Gasteiger partial charge in [-0.3, -0.25) is 9.69 Å². The van der Waals surface area contributed by atoms with Crippen LogP contribution in [0.25, 0.3) is 0 Å². The summed E-state index contributed by atoms with van der Waals surface area (Å²) in [4.78, 5) is 21.6. The Morgan fingerprint density at radius 3 is 2.88 bits per heavy atom. The number of piperidine rings is 1. The van der Waals surface area contributed by atoms with Gasteiger partial charge in [0.05, 0.1) is 25.5 Å². The number of thiazole rings is 1. The highest BCUT2D eigenvalue weighted by atomic mass is 32.1. The van der Waals surface area contributed by atoms with Crippen LogP contribution >= 0.6 is 11.3 Å². The molecule has 1 aromatic heterocycles. The van der Waals surface area contributed by atoms with Crippen LogP contribution in [0.3, 0.4) is 0 Å². The van der Waals surface area contributed by atoms with E-state index in [0.717, 1.165) is 39.1 Å². The van der Waals surface area contributed by atoms with Crippen LogP contribution in [0.15, 0.2) is 5.38 Å². The van der Waals surface area contributed by atoms with Gasteiger partial charge in [0.1, 0.15) is 5.01 Å². The third kappa shape index (κ3) is 5.50. The first kappa shape index (κ1) is 18.8. The molecule has 6 heteroatoms. The maximum absolute atomic E-state index is 12.3. The minimum atomic E-state index is 0.307. The number of morpholine rings is 1. The van der Waals surface area contributed by atoms with Gasteiger partial charge in [0.2, 0.25) is 5.91 Å². The molecule has 2 saturated heterocycles. The van der Waals surface area contributed by atoms with Crippen molar-refractivity contribution in [2.24, 2.45) is 5.92 Å². The van der Waals surface area contributed by atoms with Gasteiger partial charge in [-0.2, -0.15) is 0 Å². The molecule has 0 unspecified atom stereocenters. The lowest BCUT2D eigenvalue weighted by Gasteiger charge is -2.33. The lowest BCUT2D eigenvalue weighted by molar-refractivity contribution is -0.135. The Labute approximate surface area is 155 Å². The molecule has 0 bridgehead atoms. The van der Waals surface area contributed by atoms with Crippen molar-refractivity contribution in [3.8, 4) is 0 Å². The largest absolute Gasteiger partial charge is 0.378 e. The van der Waals surface area contributed by atoms with Crippen molar-refractivity contribution in [3.63, 3.8) is 0 Å². The molecule has 0 spiro atoms. The normalized spacial score (nSPS) is 22.5. The Kier molecular flexibility index (Phi) is 6.84. The van der Waals surface area contributed by atoms with Crippen molar-refractivity contribution in [1.82, 2.24) is 14.8 Å². The summed E-state index contributed by atoms with van der Waals surface area (Å²) in [5, 5.41) is 3.43. The van der Waals surface area contributed by atoms with Crippen LogP contribution < -0.4 is 0 Å². The van der Waals surface area contributed by atoms with E-state index in [9.17, 15) is 4.79 Å². The van der Waals surface area contributed by atoms with Crippen molar-refractivity contribution in [1.29, 1.82) is 0 Å². The fourth-order valence-electron chi connectivity index (χ4n) is 3.68. The second kappa shape index (κ2) is 9.10. The maximum atomic E-state index is 12.3. The third-order valence-electron chi connectivity index (χ3n) is 5.25. The highest BCUT2D eigenvalue weighted by molar-refractivity contribution is 7.09. The van der Waals surface area contributed by atoms with Crippen molar-refractivity contribution in [3.05, 3.63) is 16.1 Å². The summed E-state index contributed by atoms with van der Waals surface area (Å²) in [5.41, 5.74) is 1.21. The molecule has 5 nitrogen and oxygen atoms in total. The number of carbonyl (C=O) groups excluding carboxylic acids is 1. The molecule has 3 heterocycles. The van der Waals surface area contributed by atoms with Crippen LogP contribution in [0.2, 0.25) is 0 Å². The van der Waals surface area contributed by atoms with E-state index >= 15 is 0 Å². The Morgan fingerprint density at radius 2 is 2.16 bits per heavy atom. The number of carbonyl (C=O) groups is 1. The second-order valence-corrected chi connectivity index (χ2v) is 8.54. The fourth-order valence-corrected chi connectivity index (χ4v) is 4.68. The predicted molar refractivity (Wildman–Crippen MR) is 101 cm³/mol. The molecule has 2 fully saturated rings. The summed E-state index contributed by atoms with van der Waals surface area (Å²) >= 11 is 1.78. The molecule has 0 saturated carbocycles. The van der Waals surface area contributed by atoms with E-state index < -0.39 is 0 Å². The van der Waals surface area contributed by atoms with E-state index in [1.165, 1.54) is 23.5 Å². The summed E-state index contributed by atoms with van der Waals surface area (Å²) in [6, 6.07) is 0. The highest BCUT2D eigenvalue weighted by Gasteiger charge is 2.23. The summed E-state index contributed by atoms with van der Waals surface area (Å²) in [5.74, 6) is 1.45. The minimum absolute atomic E-state index is 0.307. The van der Waals surface area contributed by atoms with E-state index in [-0.39, 0.29) is 0 Å². The quantitative estimate of drug-likeness (QED) is 0.777. The van der Waals surface area contributed by atoms with Gasteiger partial charge in [-0.15, -0.1) is 11.3 Å². The predicted octanol–water partition coefficient (Wildman–Crippen LogP) is 3.12. The standard InChI is InChI=1S/C19H31N3O2S/c1-15(2)17-14-25-18(20-17)13-21-7-3-4-16(12-21)5-6-19(23)22-8-10-24-11-9-22/h14-16H,3-13H2,1-2H3/t16-/m0/s1. The van der Waals surface area contributed by atoms with E-state index in [0.29, 0.717) is 37.4 Å². The van der Waals surface area contributed by atoms with Crippen molar-refractivity contribution >= 4 is 17.2 Å². The Hall–Kier alpha value is -0.980. The zero-order valence-electron chi connectivity index (χ0n) is 15.6. The van der Waals surface area contributed by atoms with Crippen LogP contribution in [0.4, 0.5) is 0 Å². The average molecular weight is 366 g/mol. The van der Waals surface area contributed by atoms with Crippen molar-refractivity contribution < 1.29 is 9.53 Å². The maximum Gasteiger partial charge on any atom is 0.222 e. The number of likely N-dealkylation sites (tertiary alicyclic amines) is 1. The number of hydrogen-bond donors (Lipinski definition) is 0. The van der Waals surface area contributed by atoms with Gasteiger partial charge in [0.15, 0.2) is 0 Å². The smallest absolute Gasteiger partial charge is 0.222 e. The molecule has 3 rings (SSSR count). The number of rotatable bonds is 6. The third-order valence-corrected chi connectivity index (χ3v) is 6.11.